The van der Waals surface area contributed by atoms with E-state index in [9.17, 15) is 19.6 Å². The summed E-state index contributed by atoms with van der Waals surface area (Å²) in [6.07, 6.45) is 1.91. The molecular weight excluding hydrogens is 522 g/mol. The van der Waals surface area contributed by atoms with Crippen molar-refractivity contribution in [2.75, 3.05) is 47.8 Å². The van der Waals surface area contributed by atoms with Gasteiger partial charge in [-0.2, -0.15) is 10.4 Å². The van der Waals surface area contributed by atoms with Gasteiger partial charge in [-0.3, -0.25) is 14.4 Å². The van der Waals surface area contributed by atoms with Gasteiger partial charge in [0.15, 0.2) is 0 Å². The van der Waals surface area contributed by atoms with Crippen molar-refractivity contribution >= 4 is 23.6 Å². The van der Waals surface area contributed by atoms with E-state index < -0.39 is 5.41 Å². The lowest BCUT2D eigenvalue weighted by atomic mass is 9.74. The number of nitrogens with zero attached hydrogens (tertiary/aromatic N) is 5. The van der Waals surface area contributed by atoms with Crippen LogP contribution in [0.2, 0.25) is 0 Å². The number of hydrogen-bond acceptors (Lipinski definition) is 8. The van der Waals surface area contributed by atoms with E-state index in [2.05, 4.69) is 22.0 Å². The number of hydrogen-bond donors (Lipinski definition) is 4. The van der Waals surface area contributed by atoms with E-state index in [1.54, 1.807) is 45.2 Å². The zero-order valence-electron chi connectivity index (χ0n) is 23.9. The van der Waals surface area contributed by atoms with E-state index >= 15 is 0 Å². The molecule has 6 N–H and O–H groups in total. The highest BCUT2D eigenvalue weighted by Crippen LogP contribution is 2.51. The van der Waals surface area contributed by atoms with E-state index in [1.807, 2.05) is 24.3 Å². The molecule has 1 heterocycles. The molecule has 0 saturated carbocycles. The first-order chi connectivity index (χ1) is 19.6. The summed E-state index contributed by atoms with van der Waals surface area (Å²) in [5.41, 5.74) is 12.1. The largest absolute Gasteiger partial charge is 0.385 e. The molecule has 4 rings (SSSR count). The lowest BCUT2D eigenvalue weighted by Crippen LogP contribution is -2.46. The summed E-state index contributed by atoms with van der Waals surface area (Å²) >= 11 is 0. The maximum Gasteiger partial charge on any atom is 0.253 e. The Bertz CT molecular complexity index is 1360. The molecule has 0 aromatic heterocycles. The van der Waals surface area contributed by atoms with Gasteiger partial charge in [0.2, 0.25) is 5.91 Å². The number of nitriles is 1. The van der Waals surface area contributed by atoms with Crippen LogP contribution >= 0.6 is 0 Å². The lowest BCUT2D eigenvalue weighted by Gasteiger charge is -2.32. The van der Waals surface area contributed by atoms with Crippen molar-refractivity contribution in [1.82, 2.24) is 25.6 Å². The Morgan fingerprint density at radius 1 is 1.05 bits per heavy atom. The number of nitrogens with one attached hydrogen (secondary N) is 2. The second-order valence-corrected chi connectivity index (χ2v) is 10.8. The Morgan fingerprint density at radius 3 is 2.10 bits per heavy atom. The normalized spacial score (nSPS) is 16.9. The van der Waals surface area contributed by atoms with Crippen LogP contribution in [0.5, 0.6) is 0 Å². The summed E-state index contributed by atoms with van der Waals surface area (Å²) in [5, 5.41) is 16.7. The number of amidine groups is 1. The quantitative estimate of drug-likeness (QED) is 0.114. The molecule has 2 aromatic rings. The Kier molecular flexibility index (Phi) is 8.60. The number of fused-ring (bicyclic) bond motifs is 3. The Labute approximate surface area is 239 Å². The highest BCUT2D eigenvalue weighted by molar-refractivity contribution is 6.06. The zero-order chi connectivity index (χ0) is 29.9. The summed E-state index contributed by atoms with van der Waals surface area (Å²) < 4.78 is 0. The third-order valence-corrected chi connectivity index (χ3v) is 7.85. The van der Waals surface area contributed by atoms with Crippen LogP contribution in [0.15, 0.2) is 41.5 Å². The van der Waals surface area contributed by atoms with E-state index in [1.165, 1.54) is 9.80 Å². The van der Waals surface area contributed by atoms with Gasteiger partial charge in [-0.05, 0) is 72.3 Å². The number of carbonyl (C=O) groups is 3. The molecule has 1 fully saturated rings. The molecule has 0 unspecified atom stereocenters. The molecule has 0 radical (unpaired) electrons. The molecule has 0 bridgehead atoms. The lowest BCUT2D eigenvalue weighted by molar-refractivity contribution is -0.130. The van der Waals surface area contributed by atoms with Crippen molar-refractivity contribution < 1.29 is 14.4 Å². The standard InChI is InChI=1S/C29H37N9O3/c1-36(2)26(40)18-7-9-23-21(14-18)22-15-19(27(41)37(3)4)8-10-24(22)29(23,28(31)34-35-32)11-12-33-17-25(39)38-13-5-6-20(38)16-30/h7-10,14-15,20,33,35H,5-6,11-13,17,32H2,1-4H3,(H2,31,34)/t20-/m0/s1. The molecule has 1 aliphatic heterocycles. The summed E-state index contributed by atoms with van der Waals surface area (Å²) in [6.45, 7) is 1.03. The van der Waals surface area contributed by atoms with Crippen molar-refractivity contribution in [2.24, 2.45) is 16.7 Å². The van der Waals surface area contributed by atoms with Crippen LogP contribution in [-0.2, 0) is 10.2 Å². The summed E-state index contributed by atoms with van der Waals surface area (Å²) in [7, 11) is 6.75. The molecule has 216 valence electrons. The van der Waals surface area contributed by atoms with Crippen molar-refractivity contribution in [3.63, 3.8) is 0 Å². The third kappa shape index (κ3) is 5.33. The predicted molar refractivity (Wildman–Crippen MR) is 155 cm³/mol. The molecular formula is C29H37N9O3. The number of benzene rings is 2. The van der Waals surface area contributed by atoms with Gasteiger partial charge in [0, 0.05) is 45.9 Å². The Balaban J connectivity index is 1.75. The zero-order valence-corrected chi connectivity index (χ0v) is 23.9. The molecule has 12 heteroatoms. The second-order valence-electron chi connectivity index (χ2n) is 10.8. The average Bonchev–Trinajstić information content (AvgIpc) is 3.55. The van der Waals surface area contributed by atoms with Crippen LogP contribution in [0.4, 0.5) is 0 Å². The molecule has 1 saturated heterocycles. The third-order valence-electron chi connectivity index (χ3n) is 7.85. The maximum atomic E-state index is 12.9. The molecule has 1 aliphatic carbocycles. The van der Waals surface area contributed by atoms with Crippen molar-refractivity contribution in [3.05, 3.63) is 58.7 Å². The van der Waals surface area contributed by atoms with Gasteiger partial charge in [-0.25, -0.2) is 11.4 Å². The van der Waals surface area contributed by atoms with Gasteiger partial charge in [-0.15, -0.1) is 0 Å². The van der Waals surface area contributed by atoms with Crippen LogP contribution in [0, 0.1) is 11.3 Å². The number of amides is 3. The van der Waals surface area contributed by atoms with Crippen LogP contribution < -0.4 is 22.4 Å². The molecule has 2 aliphatic rings. The molecule has 41 heavy (non-hydrogen) atoms. The number of likely N-dealkylation sites (tertiary alicyclic amines) is 1. The van der Waals surface area contributed by atoms with Crippen LogP contribution in [0.25, 0.3) is 11.1 Å². The number of hydrazone groups is 1. The number of rotatable bonds is 9. The smallest absolute Gasteiger partial charge is 0.253 e. The fraction of sp³-hybridized carbons (Fsp3) is 0.414. The number of nitrogens with two attached hydrogens (primary N) is 2. The first-order valence-corrected chi connectivity index (χ1v) is 13.5. The van der Waals surface area contributed by atoms with Gasteiger partial charge >= 0.3 is 0 Å². The molecule has 1 atom stereocenters. The van der Waals surface area contributed by atoms with Gasteiger partial charge in [0.25, 0.3) is 11.8 Å². The Morgan fingerprint density at radius 2 is 1.61 bits per heavy atom. The van der Waals surface area contributed by atoms with E-state index in [0.29, 0.717) is 37.1 Å². The van der Waals surface area contributed by atoms with E-state index in [-0.39, 0.29) is 36.1 Å². The fourth-order valence-corrected chi connectivity index (χ4v) is 5.82. The summed E-state index contributed by atoms with van der Waals surface area (Å²) in [4.78, 5) is 43.2. The fourth-order valence-electron chi connectivity index (χ4n) is 5.82. The predicted octanol–water partition coefficient (Wildman–Crippen LogP) is 0.586. The molecule has 0 spiro atoms. The highest BCUT2D eigenvalue weighted by atomic mass is 16.2. The molecule has 2 aromatic carbocycles. The minimum absolute atomic E-state index is 0.0761. The van der Waals surface area contributed by atoms with Gasteiger partial charge in [0.1, 0.15) is 11.9 Å². The van der Waals surface area contributed by atoms with Crippen LogP contribution in [0.1, 0.15) is 51.1 Å². The second kappa shape index (κ2) is 12.0. The van der Waals surface area contributed by atoms with Crippen molar-refractivity contribution in [1.29, 1.82) is 5.26 Å². The van der Waals surface area contributed by atoms with Crippen molar-refractivity contribution in [3.8, 4) is 17.2 Å². The SMILES string of the molecule is CN(C)C(=O)c1ccc2c(c1)-c1cc(C(=O)N(C)C)ccc1C2(CCNCC(=O)N1CCC[C@H]1C#N)/C(N)=N/NN. The van der Waals surface area contributed by atoms with Gasteiger partial charge < -0.3 is 25.8 Å². The van der Waals surface area contributed by atoms with Crippen LogP contribution in [0.3, 0.4) is 0 Å². The highest BCUT2D eigenvalue weighted by Gasteiger charge is 2.47. The molecule has 3 amide bonds. The average molecular weight is 560 g/mol. The minimum Gasteiger partial charge on any atom is -0.385 e. The maximum absolute atomic E-state index is 12.9. The van der Waals surface area contributed by atoms with Gasteiger partial charge in [0.05, 0.1) is 18.0 Å². The molecule has 12 nitrogen and oxygen atoms in total. The van der Waals surface area contributed by atoms with Crippen LogP contribution in [-0.4, -0.2) is 92.1 Å². The Hall–Kier alpha value is -4.47. The number of carbonyl (C=O) groups excluding carboxylic acids is 3. The minimum atomic E-state index is -0.963. The summed E-state index contributed by atoms with van der Waals surface area (Å²) in [6, 6.07) is 12.7. The van der Waals surface area contributed by atoms with Crippen molar-refractivity contribution in [2.45, 2.75) is 30.7 Å². The first-order valence-electron chi connectivity index (χ1n) is 13.5. The summed E-state index contributed by atoms with van der Waals surface area (Å²) in [5.74, 6) is 5.34. The number of hydrazine groups is 1. The van der Waals surface area contributed by atoms with E-state index in [4.69, 9.17) is 11.6 Å². The van der Waals surface area contributed by atoms with Gasteiger partial charge in [-0.1, -0.05) is 12.1 Å². The van der Waals surface area contributed by atoms with E-state index in [0.717, 1.165) is 28.7 Å². The topological polar surface area (TPSA) is 173 Å². The monoisotopic (exact) mass is 559 g/mol. The first kappa shape index (κ1) is 29.5.